The Bertz CT molecular complexity index is 839. The van der Waals surface area contributed by atoms with E-state index in [4.69, 9.17) is 0 Å². The van der Waals surface area contributed by atoms with Crippen LogP contribution >= 0.6 is 31.9 Å². The predicted molar refractivity (Wildman–Crippen MR) is 84.8 cm³/mol. The summed E-state index contributed by atoms with van der Waals surface area (Å²) < 4.78 is 1.72. The van der Waals surface area contributed by atoms with Gasteiger partial charge in [0.05, 0.1) is 11.0 Å². The number of nitrogens with one attached hydrogen (secondary N) is 2. The normalized spacial score (nSPS) is 12.8. The Balaban J connectivity index is 2.09. The third-order valence-corrected chi connectivity index (χ3v) is 4.32. The maximum absolute atomic E-state index is 11.3. The number of rotatable bonds is 2. The van der Waals surface area contributed by atoms with Crippen LogP contribution in [0.15, 0.2) is 50.1 Å². The van der Waals surface area contributed by atoms with Gasteiger partial charge in [-0.15, -0.1) is 0 Å². The number of hydrogen-bond acceptors (Lipinski definition) is 2. The lowest BCUT2D eigenvalue weighted by atomic mass is 10.0. The minimum Gasteiger partial charge on any atom is -0.384 e. The molecule has 1 heterocycles. The first-order chi connectivity index (χ1) is 9.54. The zero-order chi connectivity index (χ0) is 14.3. The molecule has 2 aromatic carbocycles. The second-order valence-electron chi connectivity index (χ2n) is 4.45. The summed E-state index contributed by atoms with van der Waals surface area (Å²) in [4.78, 5) is 16.6. The number of H-pyrrole nitrogens is 2. The second kappa shape index (κ2) is 5.20. The molecule has 1 aromatic heterocycles. The van der Waals surface area contributed by atoms with Gasteiger partial charge in [-0.3, -0.25) is 0 Å². The Morgan fingerprint density at radius 1 is 1.00 bits per heavy atom. The minimum atomic E-state index is -0.773. The molecular formula is C14H10Br2N2O2. The number of aliphatic hydroxyl groups is 1. The van der Waals surface area contributed by atoms with E-state index >= 15 is 0 Å². The van der Waals surface area contributed by atoms with E-state index in [1.165, 1.54) is 0 Å². The molecule has 0 fully saturated rings. The number of imidazole rings is 1. The average Bonchev–Trinajstić information content (AvgIpc) is 2.79. The largest absolute Gasteiger partial charge is 0.384 e. The van der Waals surface area contributed by atoms with E-state index in [0.717, 1.165) is 20.0 Å². The first kappa shape index (κ1) is 13.6. The number of benzene rings is 2. The lowest BCUT2D eigenvalue weighted by Gasteiger charge is -2.14. The molecule has 0 bridgehead atoms. The molecule has 0 aliphatic heterocycles. The van der Waals surface area contributed by atoms with Gasteiger partial charge in [0.25, 0.3) is 0 Å². The van der Waals surface area contributed by atoms with Crippen molar-refractivity contribution in [1.82, 2.24) is 9.97 Å². The fourth-order valence-corrected chi connectivity index (χ4v) is 2.97. The van der Waals surface area contributed by atoms with Gasteiger partial charge < -0.3 is 15.1 Å². The highest BCUT2D eigenvalue weighted by Gasteiger charge is 2.15. The Labute approximate surface area is 131 Å². The van der Waals surface area contributed by atoms with Crippen LogP contribution in [-0.4, -0.2) is 15.1 Å². The van der Waals surface area contributed by atoms with Crippen molar-refractivity contribution in [3.05, 3.63) is 67.0 Å². The third-order valence-electron chi connectivity index (χ3n) is 3.11. The van der Waals surface area contributed by atoms with Crippen LogP contribution in [0.25, 0.3) is 11.0 Å². The summed E-state index contributed by atoms with van der Waals surface area (Å²) >= 11 is 6.83. The molecule has 0 amide bonds. The van der Waals surface area contributed by atoms with E-state index in [1.807, 2.05) is 18.2 Å². The van der Waals surface area contributed by atoms with E-state index in [1.54, 1.807) is 18.2 Å². The standard InChI is InChI=1S/C14H10Br2N2O2/c15-8-2-3-10(16)9(6-8)13(19)7-1-4-11-12(5-7)18-14(20)17-11/h1-6,13,19H,(H2,17,18,20). The molecule has 1 atom stereocenters. The van der Waals surface area contributed by atoms with Crippen LogP contribution in [-0.2, 0) is 0 Å². The van der Waals surface area contributed by atoms with Crippen molar-refractivity contribution >= 4 is 42.9 Å². The summed E-state index contributed by atoms with van der Waals surface area (Å²) in [5.41, 5.74) is 2.62. The zero-order valence-corrected chi connectivity index (χ0v) is 13.3. The van der Waals surface area contributed by atoms with Gasteiger partial charge in [0.15, 0.2) is 0 Å². The van der Waals surface area contributed by atoms with E-state index in [9.17, 15) is 9.90 Å². The Morgan fingerprint density at radius 3 is 2.55 bits per heavy atom. The Kier molecular flexibility index (Phi) is 3.54. The average molecular weight is 398 g/mol. The number of aromatic amines is 2. The van der Waals surface area contributed by atoms with Crippen molar-refractivity contribution in [3.8, 4) is 0 Å². The molecule has 0 spiro atoms. The number of fused-ring (bicyclic) bond motifs is 1. The monoisotopic (exact) mass is 396 g/mol. The molecule has 3 aromatic rings. The highest BCUT2D eigenvalue weighted by atomic mass is 79.9. The van der Waals surface area contributed by atoms with Crippen molar-refractivity contribution in [2.24, 2.45) is 0 Å². The quantitative estimate of drug-likeness (QED) is 0.619. The van der Waals surface area contributed by atoms with Crippen molar-refractivity contribution < 1.29 is 5.11 Å². The fourth-order valence-electron chi connectivity index (χ4n) is 2.12. The molecule has 0 saturated carbocycles. The number of halogens is 2. The summed E-state index contributed by atoms with van der Waals surface area (Å²) in [5, 5.41) is 10.5. The van der Waals surface area contributed by atoms with E-state index in [2.05, 4.69) is 41.8 Å². The number of aliphatic hydroxyl groups excluding tert-OH is 1. The first-order valence-electron chi connectivity index (χ1n) is 5.89. The molecule has 6 heteroatoms. The van der Waals surface area contributed by atoms with Crippen LogP contribution in [0.5, 0.6) is 0 Å². The van der Waals surface area contributed by atoms with Gasteiger partial charge in [-0.2, -0.15) is 0 Å². The van der Waals surface area contributed by atoms with Crippen molar-refractivity contribution in [2.75, 3.05) is 0 Å². The van der Waals surface area contributed by atoms with Crippen LogP contribution in [0.4, 0.5) is 0 Å². The summed E-state index contributed by atoms with van der Waals surface area (Å²) in [5.74, 6) is 0. The van der Waals surface area contributed by atoms with Crippen LogP contribution in [0.1, 0.15) is 17.2 Å². The topological polar surface area (TPSA) is 68.9 Å². The second-order valence-corrected chi connectivity index (χ2v) is 6.22. The van der Waals surface area contributed by atoms with Gasteiger partial charge in [0.2, 0.25) is 0 Å². The first-order valence-corrected chi connectivity index (χ1v) is 7.48. The van der Waals surface area contributed by atoms with Crippen molar-refractivity contribution in [2.45, 2.75) is 6.10 Å². The molecule has 4 nitrogen and oxygen atoms in total. The molecule has 0 saturated heterocycles. The SMILES string of the molecule is O=c1[nH]c2ccc(C(O)c3cc(Br)ccc3Br)cc2[nH]1. The van der Waals surface area contributed by atoms with Gasteiger partial charge in [-0.25, -0.2) is 4.79 Å². The number of aromatic nitrogens is 2. The summed E-state index contributed by atoms with van der Waals surface area (Å²) in [6.45, 7) is 0. The van der Waals surface area contributed by atoms with Gasteiger partial charge in [-0.05, 0) is 35.9 Å². The molecule has 102 valence electrons. The van der Waals surface area contributed by atoms with Gasteiger partial charge in [0, 0.05) is 14.5 Å². The van der Waals surface area contributed by atoms with Gasteiger partial charge in [0.1, 0.15) is 6.10 Å². The van der Waals surface area contributed by atoms with Crippen LogP contribution in [0.3, 0.4) is 0 Å². The summed E-state index contributed by atoms with van der Waals surface area (Å²) in [7, 11) is 0. The Morgan fingerprint density at radius 2 is 1.75 bits per heavy atom. The minimum absolute atomic E-state index is 0.254. The number of hydrogen-bond donors (Lipinski definition) is 3. The van der Waals surface area contributed by atoms with Crippen molar-refractivity contribution in [1.29, 1.82) is 0 Å². The fraction of sp³-hybridized carbons (Fsp3) is 0.0714. The zero-order valence-electron chi connectivity index (χ0n) is 10.2. The molecule has 0 aliphatic carbocycles. The summed E-state index contributed by atoms with van der Waals surface area (Å²) in [6, 6.07) is 11.0. The third kappa shape index (κ3) is 2.46. The van der Waals surface area contributed by atoms with E-state index in [-0.39, 0.29) is 5.69 Å². The lowest BCUT2D eigenvalue weighted by Crippen LogP contribution is -2.01. The summed E-state index contributed by atoms with van der Waals surface area (Å²) in [6.07, 6.45) is -0.773. The maximum atomic E-state index is 11.3. The van der Waals surface area contributed by atoms with Gasteiger partial charge in [-0.1, -0.05) is 37.9 Å². The van der Waals surface area contributed by atoms with E-state index in [0.29, 0.717) is 11.1 Å². The Hall–Kier alpha value is -1.37. The van der Waals surface area contributed by atoms with Gasteiger partial charge >= 0.3 is 5.69 Å². The lowest BCUT2D eigenvalue weighted by molar-refractivity contribution is 0.219. The maximum Gasteiger partial charge on any atom is 0.323 e. The molecule has 0 radical (unpaired) electrons. The van der Waals surface area contributed by atoms with Crippen LogP contribution in [0, 0.1) is 0 Å². The van der Waals surface area contributed by atoms with Crippen LogP contribution in [0.2, 0.25) is 0 Å². The molecule has 0 aliphatic rings. The highest BCUT2D eigenvalue weighted by molar-refractivity contribution is 9.11. The molecule has 20 heavy (non-hydrogen) atoms. The van der Waals surface area contributed by atoms with E-state index < -0.39 is 6.10 Å². The smallest absolute Gasteiger partial charge is 0.323 e. The molecule has 1 unspecified atom stereocenters. The predicted octanol–water partition coefficient (Wildman–Crippen LogP) is 3.46. The van der Waals surface area contributed by atoms with Crippen LogP contribution < -0.4 is 5.69 Å². The molecule has 3 rings (SSSR count). The van der Waals surface area contributed by atoms with Crippen molar-refractivity contribution in [3.63, 3.8) is 0 Å². The molecular weight excluding hydrogens is 388 g/mol. The molecule has 3 N–H and O–H groups in total. The highest BCUT2D eigenvalue weighted by Crippen LogP contribution is 2.31.